The minimum Gasteiger partial charge on any atom is -0.490 e. The summed E-state index contributed by atoms with van der Waals surface area (Å²) in [6, 6.07) is 6.55. The van der Waals surface area contributed by atoms with Crippen molar-refractivity contribution >= 4 is 0 Å². The van der Waals surface area contributed by atoms with Crippen LogP contribution in [0.3, 0.4) is 0 Å². The molecule has 0 spiro atoms. The third kappa shape index (κ3) is 4.91. The Balaban J connectivity index is 1.61. The average Bonchev–Trinajstić information content (AvgIpc) is 2.94. The van der Waals surface area contributed by atoms with Crippen LogP contribution in [0.5, 0.6) is 5.75 Å². The first-order chi connectivity index (χ1) is 11.6. The molecule has 3 rings (SSSR count). The largest absolute Gasteiger partial charge is 0.490 e. The normalized spacial score (nSPS) is 27.4. The highest BCUT2D eigenvalue weighted by molar-refractivity contribution is 5.22. The Kier molecular flexibility index (Phi) is 6.09. The lowest BCUT2D eigenvalue weighted by atomic mass is 10.0. The summed E-state index contributed by atoms with van der Waals surface area (Å²) < 4.78 is 24.5. The average molecular weight is 337 g/mol. The van der Waals surface area contributed by atoms with Crippen molar-refractivity contribution in [3.05, 3.63) is 30.1 Å². The molecular weight excluding hydrogens is 309 g/mol. The molecule has 1 aromatic rings. The zero-order chi connectivity index (χ0) is 16.8. The van der Waals surface area contributed by atoms with Crippen LogP contribution in [0, 0.1) is 5.82 Å². The van der Waals surface area contributed by atoms with Gasteiger partial charge in [-0.3, -0.25) is 4.90 Å². The molecule has 0 bridgehead atoms. The Bertz CT molecular complexity index is 519. The minimum atomic E-state index is -1.06. The first kappa shape index (κ1) is 17.6. The van der Waals surface area contributed by atoms with E-state index in [1.54, 1.807) is 12.1 Å². The van der Waals surface area contributed by atoms with E-state index in [4.69, 9.17) is 9.47 Å². The molecule has 1 atom stereocenters. The number of nitrogens with zero attached hydrogens (tertiary/aromatic N) is 1. The second-order valence-electron chi connectivity index (χ2n) is 7.14. The number of hydrogen-bond donors (Lipinski definition) is 1. The molecule has 1 aliphatic heterocycles. The summed E-state index contributed by atoms with van der Waals surface area (Å²) in [6.45, 7) is 2.41. The molecule has 4 nitrogen and oxygen atoms in total. The molecule has 1 saturated heterocycles. The molecule has 1 aliphatic carbocycles. The molecule has 0 aromatic heterocycles. The van der Waals surface area contributed by atoms with Gasteiger partial charge in [0.05, 0.1) is 13.2 Å². The van der Waals surface area contributed by atoms with Gasteiger partial charge in [0.15, 0.2) is 0 Å². The number of aliphatic hydroxyl groups is 1. The van der Waals surface area contributed by atoms with Crippen molar-refractivity contribution in [3.8, 4) is 5.75 Å². The van der Waals surface area contributed by atoms with Crippen LogP contribution in [0.25, 0.3) is 0 Å². The van der Waals surface area contributed by atoms with Crippen molar-refractivity contribution in [1.82, 2.24) is 4.90 Å². The van der Waals surface area contributed by atoms with E-state index < -0.39 is 5.60 Å². The topological polar surface area (TPSA) is 41.9 Å². The van der Waals surface area contributed by atoms with Gasteiger partial charge in [-0.25, -0.2) is 4.39 Å². The molecule has 0 amide bonds. The van der Waals surface area contributed by atoms with Gasteiger partial charge in [0.1, 0.15) is 23.8 Å². The van der Waals surface area contributed by atoms with E-state index in [2.05, 4.69) is 4.90 Å². The van der Waals surface area contributed by atoms with E-state index in [-0.39, 0.29) is 19.0 Å². The highest BCUT2D eigenvalue weighted by Crippen LogP contribution is 2.25. The predicted octanol–water partition coefficient (Wildman–Crippen LogP) is 2.99. The van der Waals surface area contributed by atoms with Crippen molar-refractivity contribution in [3.63, 3.8) is 0 Å². The van der Waals surface area contributed by atoms with E-state index in [1.807, 2.05) is 0 Å². The summed E-state index contributed by atoms with van der Waals surface area (Å²) in [7, 11) is 0. The third-order valence-corrected chi connectivity index (χ3v) is 5.04. The van der Waals surface area contributed by atoms with Gasteiger partial charge in [-0.1, -0.05) is 31.7 Å². The van der Waals surface area contributed by atoms with E-state index in [0.717, 1.165) is 6.54 Å². The number of β-amino-alcohol motifs (C(OH)–C–C–N with tert-alkyl or cyclic N) is 1. The summed E-state index contributed by atoms with van der Waals surface area (Å²) in [5.74, 6) is 0.102. The Labute approximate surface area is 143 Å². The molecule has 1 N–H and O–H groups in total. The zero-order valence-electron chi connectivity index (χ0n) is 14.3. The summed E-state index contributed by atoms with van der Waals surface area (Å²) in [5.41, 5.74) is -1.06. The second kappa shape index (κ2) is 8.28. The van der Waals surface area contributed by atoms with Gasteiger partial charge in [-0.15, -0.1) is 0 Å². The van der Waals surface area contributed by atoms with Crippen LogP contribution in [0.2, 0.25) is 0 Å². The van der Waals surface area contributed by atoms with Gasteiger partial charge < -0.3 is 14.6 Å². The number of benzene rings is 1. The van der Waals surface area contributed by atoms with Gasteiger partial charge in [0.25, 0.3) is 0 Å². The molecule has 0 radical (unpaired) electrons. The maximum Gasteiger partial charge on any atom is 0.134 e. The van der Waals surface area contributed by atoms with E-state index >= 15 is 0 Å². The molecule has 2 aliphatic rings. The number of rotatable bonds is 4. The Morgan fingerprint density at radius 3 is 2.79 bits per heavy atom. The van der Waals surface area contributed by atoms with E-state index in [1.165, 1.54) is 50.7 Å². The number of halogens is 1. The molecular formula is C19H28FNO3. The van der Waals surface area contributed by atoms with Gasteiger partial charge in [0, 0.05) is 25.2 Å². The third-order valence-electron chi connectivity index (χ3n) is 5.04. The fourth-order valence-electron chi connectivity index (χ4n) is 3.74. The van der Waals surface area contributed by atoms with Crippen LogP contribution < -0.4 is 4.74 Å². The van der Waals surface area contributed by atoms with Gasteiger partial charge in [-0.05, 0) is 25.0 Å². The fraction of sp³-hybridized carbons (Fsp3) is 0.684. The summed E-state index contributed by atoms with van der Waals surface area (Å²) in [4.78, 5) is 2.37. The lowest BCUT2D eigenvalue weighted by Crippen LogP contribution is -2.51. The second-order valence-corrected chi connectivity index (χ2v) is 7.14. The molecule has 134 valence electrons. The highest BCUT2D eigenvalue weighted by Gasteiger charge is 2.36. The van der Waals surface area contributed by atoms with Crippen molar-refractivity contribution < 1.29 is 19.0 Å². The molecule has 24 heavy (non-hydrogen) atoms. The molecule has 2 fully saturated rings. The van der Waals surface area contributed by atoms with Crippen LogP contribution in [0.1, 0.15) is 38.5 Å². The SMILES string of the molecule is OC1(COc2cccc(F)c2)COCCN(C2CCCCCC2)C1. The smallest absolute Gasteiger partial charge is 0.134 e. The monoisotopic (exact) mass is 337 g/mol. The van der Waals surface area contributed by atoms with Crippen LogP contribution >= 0.6 is 0 Å². The maximum absolute atomic E-state index is 13.3. The maximum atomic E-state index is 13.3. The standard InChI is InChI=1S/C19H28FNO3/c20-16-6-5-9-18(12-16)24-15-19(22)13-21(10-11-23-14-19)17-7-3-1-2-4-8-17/h5-6,9,12,17,22H,1-4,7-8,10-11,13-15H2. The number of ether oxygens (including phenoxy) is 2. The Hall–Kier alpha value is -1.17. The van der Waals surface area contributed by atoms with Crippen LogP contribution in [-0.2, 0) is 4.74 Å². The minimum absolute atomic E-state index is 0.111. The molecule has 1 heterocycles. The van der Waals surface area contributed by atoms with E-state index in [9.17, 15) is 9.50 Å². The summed E-state index contributed by atoms with van der Waals surface area (Å²) in [6.07, 6.45) is 7.55. The lowest BCUT2D eigenvalue weighted by molar-refractivity contribution is -0.0675. The van der Waals surface area contributed by atoms with Crippen molar-refractivity contribution in [1.29, 1.82) is 0 Å². The zero-order valence-corrected chi connectivity index (χ0v) is 14.3. The summed E-state index contributed by atoms with van der Waals surface area (Å²) >= 11 is 0. The molecule has 5 heteroatoms. The first-order valence-corrected chi connectivity index (χ1v) is 9.07. The predicted molar refractivity (Wildman–Crippen MR) is 90.7 cm³/mol. The van der Waals surface area contributed by atoms with Crippen molar-refractivity contribution in [2.75, 3.05) is 32.9 Å². The quantitative estimate of drug-likeness (QED) is 0.858. The van der Waals surface area contributed by atoms with Crippen molar-refractivity contribution in [2.24, 2.45) is 0 Å². The van der Waals surface area contributed by atoms with Gasteiger partial charge in [0.2, 0.25) is 0 Å². The molecule has 1 aromatic carbocycles. The van der Waals surface area contributed by atoms with Crippen LogP contribution in [0.15, 0.2) is 24.3 Å². The van der Waals surface area contributed by atoms with Crippen molar-refractivity contribution in [2.45, 2.75) is 50.2 Å². The highest BCUT2D eigenvalue weighted by atomic mass is 19.1. The number of hydrogen-bond acceptors (Lipinski definition) is 4. The van der Waals surface area contributed by atoms with Gasteiger partial charge in [-0.2, -0.15) is 0 Å². The van der Waals surface area contributed by atoms with Crippen LogP contribution in [-0.4, -0.2) is 54.6 Å². The van der Waals surface area contributed by atoms with Gasteiger partial charge >= 0.3 is 0 Å². The van der Waals surface area contributed by atoms with E-state index in [0.29, 0.717) is 24.9 Å². The Morgan fingerprint density at radius 1 is 1.25 bits per heavy atom. The Morgan fingerprint density at radius 2 is 2.04 bits per heavy atom. The molecule has 1 unspecified atom stereocenters. The fourth-order valence-corrected chi connectivity index (χ4v) is 3.74. The summed E-state index contributed by atoms with van der Waals surface area (Å²) in [5, 5.41) is 11.0. The first-order valence-electron chi connectivity index (χ1n) is 9.07. The van der Waals surface area contributed by atoms with Crippen LogP contribution in [0.4, 0.5) is 4.39 Å². The molecule has 1 saturated carbocycles. The lowest BCUT2D eigenvalue weighted by Gasteiger charge is -2.35.